The van der Waals surface area contributed by atoms with Crippen LogP contribution in [-0.4, -0.2) is 14.2 Å². The van der Waals surface area contributed by atoms with Gasteiger partial charge in [0.25, 0.3) is 10.0 Å². The summed E-state index contributed by atoms with van der Waals surface area (Å²) in [5, 5.41) is 5.28. The molecule has 0 bridgehead atoms. The highest BCUT2D eigenvalue weighted by Gasteiger charge is 2.41. The van der Waals surface area contributed by atoms with E-state index in [-0.39, 0.29) is 11.4 Å². The van der Waals surface area contributed by atoms with Crippen LogP contribution in [0, 0.1) is 0 Å². The third-order valence-corrected chi connectivity index (χ3v) is 7.45. The molecule has 0 unspecified atom stereocenters. The number of allylic oxidation sites excluding steroid dienone is 1. The van der Waals surface area contributed by atoms with Gasteiger partial charge >= 0.3 is 0 Å². The van der Waals surface area contributed by atoms with Gasteiger partial charge in [-0.1, -0.05) is 54.1 Å². The molecule has 0 radical (unpaired) electrons. The number of carbonyl (C=O) groups is 1. The van der Waals surface area contributed by atoms with Crippen LogP contribution in [0.4, 0.5) is 5.69 Å². The zero-order valence-electron chi connectivity index (χ0n) is 15.2. The predicted molar refractivity (Wildman–Crippen MR) is 117 cm³/mol. The second-order valence-electron chi connectivity index (χ2n) is 6.48. The molecule has 148 valence electrons. The van der Waals surface area contributed by atoms with E-state index in [0.29, 0.717) is 22.1 Å². The van der Waals surface area contributed by atoms with Gasteiger partial charge in [-0.3, -0.25) is 9.10 Å². The van der Waals surface area contributed by atoms with Gasteiger partial charge in [0.05, 0.1) is 12.2 Å². The number of benzene rings is 2. The van der Waals surface area contributed by atoms with Crippen molar-refractivity contribution in [1.29, 1.82) is 0 Å². The number of sulfonamides is 1. The van der Waals surface area contributed by atoms with E-state index in [2.05, 4.69) is 5.32 Å². The smallest absolute Gasteiger partial charge is 0.270 e. The summed E-state index contributed by atoms with van der Waals surface area (Å²) in [7, 11) is -4.00. The summed E-state index contributed by atoms with van der Waals surface area (Å²) in [5.41, 5.74) is 2.18. The van der Waals surface area contributed by atoms with Gasteiger partial charge in [0.15, 0.2) is 4.91 Å². The van der Waals surface area contributed by atoms with Gasteiger partial charge in [-0.05, 0) is 34.7 Å². The maximum atomic E-state index is 13.3. The Morgan fingerprint density at radius 2 is 1.72 bits per heavy atom. The zero-order valence-corrected chi connectivity index (χ0v) is 17.6. The lowest BCUT2D eigenvalue weighted by molar-refractivity contribution is 0.104. The van der Waals surface area contributed by atoms with Crippen molar-refractivity contribution >= 4 is 44.4 Å². The number of anilines is 1. The summed E-state index contributed by atoms with van der Waals surface area (Å²) in [4.78, 5) is 13.0. The molecule has 1 N–H and O–H groups in total. The first-order valence-electron chi connectivity index (χ1n) is 8.83. The van der Waals surface area contributed by atoms with Crippen LogP contribution >= 0.6 is 22.9 Å². The number of nitrogens with one attached hydrogen (secondary N) is 1. The van der Waals surface area contributed by atoms with Gasteiger partial charge in [0.2, 0.25) is 5.78 Å². The van der Waals surface area contributed by atoms with Crippen LogP contribution in [0.5, 0.6) is 0 Å². The molecule has 2 aromatic carbocycles. The molecule has 0 saturated carbocycles. The topological polar surface area (TPSA) is 66.5 Å². The molecule has 1 aliphatic heterocycles. The molecule has 0 fully saturated rings. The number of thiophene rings is 1. The summed E-state index contributed by atoms with van der Waals surface area (Å²) in [6.07, 6.45) is 1.31. The van der Waals surface area contributed by atoms with Gasteiger partial charge in [-0.2, -0.15) is 0 Å². The number of fused-ring (bicyclic) bond motifs is 1. The minimum Gasteiger partial charge on any atom is -0.386 e. The maximum absolute atomic E-state index is 13.3. The first-order valence-corrected chi connectivity index (χ1v) is 11.5. The monoisotopic (exact) mass is 444 g/mol. The largest absolute Gasteiger partial charge is 0.386 e. The third kappa shape index (κ3) is 3.94. The Hall–Kier alpha value is -2.61. The molecule has 0 aliphatic carbocycles. The van der Waals surface area contributed by atoms with Crippen LogP contribution in [-0.2, 0) is 23.1 Å². The molecule has 0 spiro atoms. The fourth-order valence-electron chi connectivity index (χ4n) is 3.07. The summed E-state index contributed by atoms with van der Waals surface area (Å²) < 4.78 is 27.8. The Morgan fingerprint density at radius 3 is 2.45 bits per heavy atom. The van der Waals surface area contributed by atoms with Crippen LogP contribution in [0.1, 0.15) is 20.8 Å². The number of rotatable bonds is 5. The summed E-state index contributed by atoms with van der Waals surface area (Å²) in [6, 6.07) is 18.2. The molecule has 2 heterocycles. The lowest BCUT2D eigenvalue weighted by atomic mass is 10.2. The van der Waals surface area contributed by atoms with E-state index < -0.39 is 15.8 Å². The molecular formula is C21H17ClN2O3S2. The number of hydrogen-bond acceptors (Lipinski definition) is 5. The lowest BCUT2D eigenvalue weighted by Gasteiger charge is -2.29. The molecule has 5 nitrogen and oxygen atoms in total. The van der Waals surface area contributed by atoms with Crippen molar-refractivity contribution < 1.29 is 13.2 Å². The summed E-state index contributed by atoms with van der Waals surface area (Å²) >= 11 is 7.17. The molecule has 0 saturated heterocycles. The van der Waals surface area contributed by atoms with Gasteiger partial charge in [-0.25, -0.2) is 8.42 Å². The van der Waals surface area contributed by atoms with Crippen molar-refractivity contribution in [2.75, 3.05) is 4.31 Å². The molecule has 0 amide bonds. The molecule has 1 aromatic heterocycles. The number of nitrogens with zero attached hydrogens (tertiary/aromatic N) is 1. The number of carbonyl (C=O) groups excluding carboxylic acids is 1. The van der Waals surface area contributed by atoms with Crippen molar-refractivity contribution in [1.82, 2.24) is 5.32 Å². The Bertz CT molecular complexity index is 1170. The third-order valence-electron chi connectivity index (χ3n) is 4.53. The van der Waals surface area contributed by atoms with Crippen LogP contribution in [0.2, 0.25) is 5.02 Å². The quantitative estimate of drug-likeness (QED) is 0.585. The van der Waals surface area contributed by atoms with Crippen LogP contribution in [0.15, 0.2) is 77.1 Å². The predicted octanol–water partition coefficient (Wildman–Crippen LogP) is 4.57. The zero-order chi connectivity index (χ0) is 20.4. The van der Waals surface area contributed by atoms with Crippen molar-refractivity contribution in [3.05, 3.63) is 98.2 Å². The standard InChI is InChI=1S/C21H17ClN2O3S2/c22-17-8-6-16(7-9-17)14-24-18-10-11-28-21(18)20(25)19(29(24,26)27)13-23-12-15-4-2-1-3-5-15/h1-11,13,23H,12,14H2. The van der Waals surface area contributed by atoms with Crippen LogP contribution in [0.25, 0.3) is 0 Å². The van der Waals surface area contributed by atoms with Crippen LogP contribution < -0.4 is 9.62 Å². The van der Waals surface area contributed by atoms with E-state index in [1.165, 1.54) is 21.8 Å². The Morgan fingerprint density at radius 1 is 1.00 bits per heavy atom. The second kappa shape index (κ2) is 8.02. The average molecular weight is 445 g/mol. The SMILES string of the molecule is O=C1C(=CNCc2ccccc2)S(=O)(=O)N(Cc2ccc(Cl)cc2)c2ccsc21. The van der Waals surface area contributed by atoms with Crippen molar-refractivity contribution in [2.24, 2.45) is 0 Å². The normalized spacial score (nSPS) is 16.7. The van der Waals surface area contributed by atoms with E-state index in [0.717, 1.165) is 11.1 Å². The van der Waals surface area contributed by atoms with Gasteiger partial charge in [0.1, 0.15) is 4.88 Å². The van der Waals surface area contributed by atoms with Crippen molar-refractivity contribution in [3.8, 4) is 0 Å². The highest BCUT2D eigenvalue weighted by atomic mass is 35.5. The minimum absolute atomic E-state index is 0.118. The first kappa shape index (κ1) is 19.7. The molecule has 1 aliphatic rings. The fourth-order valence-corrected chi connectivity index (χ4v) is 5.70. The van der Waals surface area contributed by atoms with Crippen molar-refractivity contribution in [2.45, 2.75) is 13.1 Å². The number of halogens is 1. The second-order valence-corrected chi connectivity index (χ2v) is 9.66. The highest BCUT2D eigenvalue weighted by molar-refractivity contribution is 7.97. The first-order chi connectivity index (χ1) is 14.0. The average Bonchev–Trinajstić information content (AvgIpc) is 3.20. The lowest BCUT2D eigenvalue weighted by Crippen LogP contribution is -2.38. The summed E-state index contributed by atoms with van der Waals surface area (Å²) in [5.74, 6) is -0.483. The Kier molecular flexibility index (Phi) is 5.45. The Balaban J connectivity index is 1.67. The molecule has 8 heteroatoms. The maximum Gasteiger partial charge on any atom is 0.270 e. The van der Waals surface area contributed by atoms with E-state index >= 15 is 0 Å². The van der Waals surface area contributed by atoms with Crippen LogP contribution in [0.3, 0.4) is 0 Å². The van der Waals surface area contributed by atoms with Gasteiger partial charge in [0, 0.05) is 17.8 Å². The highest BCUT2D eigenvalue weighted by Crippen LogP contribution is 2.39. The molecule has 0 atom stereocenters. The van der Waals surface area contributed by atoms with Crippen molar-refractivity contribution in [3.63, 3.8) is 0 Å². The van der Waals surface area contributed by atoms with E-state index in [9.17, 15) is 13.2 Å². The number of hydrogen-bond donors (Lipinski definition) is 1. The van der Waals surface area contributed by atoms with E-state index in [1.54, 1.807) is 35.7 Å². The fraction of sp³-hybridized carbons (Fsp3) is 0.0952. The molecule has 4 rings (SSSR count). The molecule has 29 heavy (non-hydrogen) atoms. The number of ketones is 1. The Labute approximate surface area is 178 Å². The number of Topliss-reactive ketones (excluding diaryl/α,β-unsaturated/α-hetero) is 1. The molecular weight excluding hydrogens is 428 g/mol. The van der Waals surface area contributed by atoms with Gasteiger partial charge < -0.3 is 5.32 Å². The molecule has 3 aromatic rings. The van der Waals surface area contributed by atoms with Gasteiger partial charge in [-0.15, -0.1) is 11.3 Å². The van der Waals surface area contributed by atoms with E-state index in [4.69, 9.17) is 11.6 Å². The minimum atomic E-state index is -4.00. The summed E-state index contributed by atoms with van der Waals surface area (Å²) in [6.45, 7) is 0.536. The van der Waals surface area contributed by atoms with E-state index in [1.807, 2.05) is 30.3 Å².